The van der Waals surface area contributed by atoms with Crippen LogP contribution >= 0.6 is 15.9 Å². The molecule has 1 aliphatic carbocycles. The fraction of sp³-hybridized carbons (Fsp3) is 0.185. The van der Waals surface area contributed by atoms with E-state index in [1.54, 1.807) is 6.07 Å². The molecule has 0 fully saturated rings. The number of para-hydroxylation sites is 1. The van der Waals surface area contributed by atoms with Crippen LogP contribution in [0.4, 0.5) is 5.69 Å². The molecule has 0 unspecified atom stereocenters. The van der Waals surface area contributed by atoms with E-state index in [1.165, 1.54) is 0 Å². The van der Waals surface area contributed by atoms with Crippen molar-refractivity contribution in [1.82, 2.24) is 0 Å². The normalized spacial score (nSPS) is 12.7. The number of rotatable bonds is 5. The minimum absolute atomic E-state index is 0.0695. The molecule has 0 heterocycles. The molecule has 3 aromatic rings. The maximum Gasteiger partial charge on any atom is 0.272 e. The highest BCUT2D eigenvalue weighted by Crippen LogP contribution is 2.36. The fourth-order valence-electron chi connectivity index (χ4n) is 3.55. The molecule has 0 bridgehead atoms. The van der Waals surface area contributed by atoms with Crippen LogP contribution in [-0.2, 0) is 9.59 Å². The van der Waals surface area contributed by atoms with Crippen molar-refractivity contribution in [3.63, 3.8) is 0 Å². The Balaban J connectivity index is 1.75. The molecule has 4 rings (SSSR count). The van der Waals surface area contributed by atoms with E-state index in [0.29, 0.717) is 11.4 Å². The molecule has 1 aliphatic rings. The summed E-state index contributed by atoms with van der Waals surface area (Å²) in [5.74, 6) is -0.542. The van der Waals surface area contributed by atoms with Gasteiger partial charge in [-0.2, -0.15) is 0 Å². The number of fused-ring (bicyclic) bond motifs is 3. The van der Waals surface area contributed by atoms with Gasteiger partial charge in [0.25, 0.3) is 5.91 Å². The zero-order valence-corrected chi connectivity index (χ0v) is 20.3. The Morgan fingerprint density at radius 2 is 1.33 bits per heavy atom. The van der Waals surface area contributed by atoms with Gasteiger partial charge in [0.05, 0.1) is 12.1 Å². The molecule has 0 aliphatic heterocycles. The Kier molecular flexibility index (Phi) is 6.38. The molecule has 0 radical (unpaired) electrons. The van der Waals surface area contributed by atoms with Gasteiger partial charge in [-0.05, 0) is 39.2 Å². The number of ketones is 1. The number of nitrogens with one attached hydrogen (secondary N) is 1. The summed E-state index contributed by atoms with van der Waals surface area (Å²) in [4.78, 5) is 25.9. The maximum atomic E-state index is 13.1. The minimum atomic E-state index is -0.603. The lowest BCUT2D eigenvalue weighted by Crippen LogP contribution is -2.30. The molecule has 1 N–H and O–H groups in total. The third-order valence-electron chi connectivity index (χ3n) is 5.47. The molecule has 166 valence electrons. The summed E-state index contributed by atoms with van der Waals surface area (Å²) >= 11 is 3.44. The van der Waals surface area contributed by atoms with Gasteiger partial charge < -0.3 is 5.32 Å². The molecule has 6 heteroatoms. The summed E-state index contributed by atoms with van der Waals surface area (Å²) in [6.07, 6.45) is -0.111. The van der Waals surface area contributed by atoms with E-state index in [1.807, 2.05) is 87.5 Å². The second-order valence-electron chi connectivity index (χ2n) is 8.87. The van der Waals surface area contributed by atoms with E-state index in [4.69, 9.17) is 0 Å². The van der Waals surface area contributed by atoms with Crippen molar-refractivity contribution in [2.45, 2.75) is 27.2 Å². The summed E-state index contributed by atoms with van der Waals surface area (Å²) in [5.41, 5.74) is 4.82. The first kappa shape index (κ1) is 22.8. The Hall–Kier alpha value is -3.38. The summed E-state index contributed by atoms with van der Waals surface area (Å²) in [6, 6.07) is 23.2. The first-order chi connectivity index (χ1) is 15.8. The number of halogens is 1. The van der Waals surface area contributed by atoms with Gasteiger partial charge in [-0.15, -0.1) is 10.2 Å². The first-order valence-electron chi connectivity index (χ1n) is 10.7. The van der Waals surface area contributed by atoms with Gasteiger partial charge in [0.1, 0.15) is 17.2 Å². The first-order valence-corrected chi connectivity index (χ1v) is 11.5. The van der Waals surface area contributed by atoms with E-state index in [2.05, 4.69) is 31.4 Å². The Morgan fingerprint density at radius 1 is 0.818 bits per heavy atom. The van der Waals surface area contributed by atoms with E-state index >= 15 is 0 Å². The third kappa shape index (κ3) is 4.86. The maximum absolute atomic E-state index is 13.1. The fourth-order valence-corrected chi connectivity index (χ4v) is 3.93. The summed E-state index contributed by atoms with van der Waals surface area (Å²) in [7, 11) is 0. The monoisotopic (exact) mass is 501 g/mol. The van der Waals surface area contributed by atoms with Gasteiger partial charge in [0.15, 0.2) is 0 Å². The van der Waals surface area contributed by atoms with Gasteiger partial charge in [-0.1, -0.05) is 81.4 Å². The molecule has 1 amide bonds. The molecule has 0 saturated carbocycles. The Labute approximate surface area is 201 Å². The van der Waals surface area contributed by atoms with Crippen molar-refractivity contribution in [3.05, 3.63) is 88.4 Å². The van der Waals surface area contributed by atoms with Crippen LogP contribution in [0.5, 0.6) is 0 Å². The predicted molar refractivity (Wildman–Crippen MR) is 137 cm³/mol. The number of amides is 1. The van der Waals surface area contributed by atoms with Crippen molar-refractivity contribution in [2.24, 2.45) is 15.6 Å². The second-order valence-corrected chi connectivity index (χ2v) is 9.72. The number of carbonyl (C=O) groups excluding carboxylic acids is 2. The average molecular weight is 502 g/mol. The lowest BCUT2D eigenvalue weighted by molar-refractivity contribution is -0.125. The van der Waals surface area contributed by atoms with Crippen molar-refractivity contribution < 1.29 is 9.59 Å². The van der Waals surface area contributed by atoms with E-state index in [-0.39, 0.29) is 17.9 Å². The molecule has 33 heavy (non-hydrogen) atoms. The number of benzene rings is 3. The lowest BCUT2D eigenvalue weighted by atomic mass is 9.87. The summed E-state index contributed by atoms with van der Waals surface area (Å²) in [5, 5.41) is 11.7. The highest BCUT2D eigenvalue weighted by Gasteiger charge is 2.27. The van der Waals surface area contributed by atoms with E-state index in [0.717, 1.165) is 26.7 Å². The number of hydrogen-bond donors (Lipinski definition) is 1. The Bertz CT molecular complexity index is 1250. The molecular formula is C27H24BrN3O2. The van der Waals surface area contributed by atoms with Crippen LogP contribution < -0.4 is 5.32 Å². The van der Waals surface area contributed by atoms with Crippen LogP contribution in [0, 0.1) is 5.41 Å². The number of hydrogen-bond acceptors (Lipinski definition) is 4. The topological polar surface area (TPSA) is 70.9 Å². The molecule has 0 saturated heterocycles. The van der Waals surface area contributed by atoms with E-state index < -0.39 is 11.3 Å². The van der Waals surface area contributed by atoms with E-state index in [9.17, 15) is 9.59 Å². The molecule has 0 spiro atoms. The average Bonchev–Trinajstić information content (AvgIpc) is 3.11. The number of nitrogens with zero attached hydrogens (tertiary/aromatic N) is 2. The molecule has 0 atom stereocenters. The van der Waals surface area contributed by atoms with Crippen LogP contribution in [-0.4, -0.2) is 23.1 Å². The minimum Gasteiger partial charge on any atom is -0.320 e. The molecule has 5 nitrogen and oxygen atoms in total. The predicted octanol–water partition coefficient (Wildman–Crippen LogP) is 6.27. The standard InChI is InChI=1S/C27H24BrN3O2/c1-27(2,3)24(32)16-23(26(33)29-22-15-9-8-14-21(22)28)30-31-25-19-12-6-4-10-17(19)18-11-5-7-13-20(18)25/h4-15H,16H2,1-3H3,(H,29,33). The molecule has 3 aromatic carbocycles. The van der Waals surface area contributed by atoms with Crippen molar-refractivity contribution >= 4 is 44.7 Å². The Morgan fingerprint density at radius 3 is 1.88 bits per heavy atom. The zero-order valence-electron chi connectivity index (χ0n) is 18.7. The highest BCUT2D eigenvalue weighted by molar-refractivity contribution is 9.10. The summed E-state index contributed by atoms with van der Waals surface area (Å²) in [6.45, 7) is 5.48. The number of Topliss-reactive ketones (excluding diaryl/α,β-unsaturated/α-hetero) is 1. The van der Waals surface area contributed by atoms with Crippen LogP contribution in [0.15, 0.2) is 87.5 Å². The van der Waals surface area contributed by atoms with Crippen molar-refractivity contribution in [1.29, 1.82) is 0 Å². The van der Waals surface area contributed by atoms with Crippen LogP contribution in [0.25, 0.3) is 11.1 Å². The van der Waals surface area contributed by atoms with Crippen LogP contribution in [0.3, 0.4) is 0 Å². The second kappa shape index (κ2) is 9.24. The largest absolute Gasteiger partial charge is 0.320 e. The van der Waals surface area contributed by atoms with Crippen LogP contribution in [0.1, 0.15) is 38.3 Å². The zero-order chi connectivity index (χ0) is 23.6. The number of carbonyl (C=O) groups is 2. The van der Waals surface area contributed by atoms with Gasteiger partial charge >= 0.3 is 0 Å². The van der Waals surface area contributed by atoms with Gasteiger partial charge in [0, 0.05) is 21.0 Å². The number of anilines is 1. The quantitative estimate of drug-likeness (QED) is 0.258. The van der Waals surface area contributed by atoms with Crippen molar-refractivity contribution in [3.8, 4) is 11.1 Å². The van der Waals surface area contributed by atoms with Gasteiger partial charge in [-0.3, -0.25) is 9.59 Å². The highest BCUT2D eigenvalue weighted by atomic mass is 79.9. The lowest BCUT2D eigenvalue weighted by Gasteiger charge is -2.17. The van der Waals surface area contributed by atoms with Gasteiger partial charge in [0.2, 0.25) is 0 Å². The molecular weight excluding hydrogens is 478 g/mol. The molecule has 0 aromatic heterocycles. The smallest absolute Gasteiger partial charge is 0.272 e. The van der Waals surface area contributed by atoms with Crippen LogP contribution in [0.2, 0.25) is 0 Å². The third-order valence-corrected chi connectivity index (χ3v) is 6.17. The van der Waals surface area contributed by atoms with Gasteiger partial charge in [-0.25, -0.2) is 0 Å². The van der Waals surface area contributed by atoms with Crippen molar-refractivity contribution in [2.75, 3.05) is 5.32 Å². The summed E-state index contributed by atoms with van der Waals surface area (Å²) < 4.78 is 0.741. The SMILES string of the molecule is CC(C)(C)C(=O)CC(=NN=C1c2ccccc2-c2ccccc21)C(=O)Nc1ccccc1Br.